The zero-order valence-corrected chi connectivity index (χ0v) is 17.6. The van der Waals surface area contributed by atoms with Crippen molar-refractivity contribution in [3.8, 4) is 0 Å². The number of nitrogens with zero attached hydrogens (tertiary/aromatic N) is 4. The fourth-order valence-electron chi connectivity index (χ4n) is 3.99. The SMILES string of the molecule is Cc1cnn(C2CCN(C(=O)C(=O)NC(Cc3ccccc3)c3ccccn3)CC2)c1. The molecule has 0 saturated carbocycles. The zero-order chi connectivity index (χ0) is 21.6. The van der Waals surface area contributed by atoms with Crippen LogP contribution in [-0.2, 0) is 16.0 Å². The van der Waals surface area contributed by atoms with Crippen LogP contribution >= 0.6 is 0 Å². The molecule has 7 heteroatoms. The fourth-order valence-corrected chi connectivity index (χ4v) is 3.99. The predicted molar refractivity (Wildman–Crippen MR) is 117 cm³/mol. The summed E-state index contributed by atoms with van der Waals surface area (Å²) in [6.07, 6.45) is 7.70. The third-order valence-electron chi connectivity index (χ3n) is 5.68. The molecule has 2 aromatic heterocycles. The first-order valence-electron chi connectivity index (χ1n) is 10.7. The summed E-state index contributed by atoms with van der Waals surface area (Å²) in [5.41, 5.74) is 2.93. The molecule has 0 radical (unpaired) electrons. The molecular weight excluding hydrogens is 390 g/mol. The van der Waals surface area contributed by atoms with Gasteiger partial charge in [-0.15, -0.1) is 0 Å². The molecular formula is C24H27N5O2. The summed E-state index contributed by atoms with van der Waals surface area (Å²) < 4.78 is 1.97. The normalized spacial score (nSPS) is 15.5. The van der Waals surface area contributed by atoms with Gasteiger partial charge in [0, 0.05) is 25.5 Å². The summed E-state index contributed by atoms with van der Waals surface area (Å²) >= 11 is 0. The van der Waals surface area contributed by atoms with Crippen molar-refractivity contribution in [1.82, 2.24) is 25.0 Å². The lowest BCUT2D eigenvalue weighted by molar-refractivity contribution is -0.147. The number of carbonyl (C=O) groups is 2. The van der Waals surface area contributed by atoms with Gasteiger partial charge >= 0.3 is 11.8 Å². The van der Waals surface area contributed by atoms with Crippen molar-refractivity contribution in [3.63, 3.8) is 0 Å². The second-order valence-electron chi connectivity index (χ2n) is 7.99. The topological polar surface area (TPSA) is 80.1 Å². The molecule has 3 aromatic rings. The minimum Gasteiger partial charge on any atom is -0.339 e. The number of likely N-dealkylation sites (tertiary alicyclic amines) is 1. The predicted octanol–water partition coefficient (Wildman–Crippen LogP) is 2.85. The van der Waals surface area contributed by atoms with Crippen molar-refractivity contribution in [2.24, 2.45) is 0 Å². The summed E-state index contributed by atoms with van der Waals surface area (Å²) in [5, 5.41) is 7.30. The lowest BCUT2D eigenvalue weighted by atomic mass is 10.0. The van der Waals surface area contributed by atoms with Gasteiger partial charge in [-0.25, -0.2) is 0 Å². The van der Waals surface area contributed by atoms with Crippen LogP contribution in [0.4, 0.5) is 0 Å². The first kappa shape index (κ1) is 20.8. The molecule has 31 heavy (non-hydrogen) atoms. The summed E-state index contributed by atoms with van der Waals surface area (Å²) in [7, 11) is 0. The molecule has 1 N–H and O–H groups in total. The van der Waals surface area contributed by atoms with Gasteiger partial charge < -0.3 is 10.2 Å². The smallest absolute Gasteiger partial charge is 0.311 e. The van der Waals surface area contributed by atoms with Crippen LogP contribution in [0.2, 0.25) is 0 Å². The van der Waals surface area contributed by atoms with Gasteiger partial charge in [0.15, 0.2) is 0 Å². The molecule has 4 rings (SSSR count). The Hall–Kier alpha value is -3.48. The van der Waals surface area contributed by atoms with Gasteiger partial charge in [-0.05, 0) is 49.4 Å². The van der Waals surface area contributed by atoms with Gasteiger partial charge in [-0.2, -0.15) is 5.10 Å². The van der Waals surface area contributed by atoms with Crippen LogP contribution in [0.15, 0.2) is 67.1 Å². The number of carbonyl (C=O) groups excluding carboxylic acids is 2. The van der Waals surface area contributed by atoms with E-state index in [9.17, 15) is 9.59 Å². The lowest BCUT2D eigenvalue weighted by Gasteiger charge is -2.32. The second kappa shape index (κ2) is 9.55. The molecule has 7 nitrogen and oxygen atoms in total. The van der Waals surface area contributed by atoms with Crippen LogP contribution in [0.1, 0.15) is 41.7 Å². The Kier molecular flexibility index (Phi) is 6.40. The minimum absolute atomic E-state index is 0.264. The highest BCUT2D eigenvalue weighted by Gasteiger charge is 2.29. The number of rotatable bonds is 5. The average Bonchev–Trinajstić information content (AvgIpc) is 3.26. The Morgan fingerprint density at radius 1 is 1.10 bits per heavy atom. The Bertz CT molecular complexity index is 1010. The first-order chi connectivity index (χ1) is 15.1. The zero-order valence-electron chi connectivity index (χ0n) is 17.6. The molecule has 0 bridgehead atoms. The van der Waals surface area contributed by atoms with E-state index in [0.717, 1.165) is 29.7 Å². The summed E-state index contributed by atoms with van der Waals surface area (Å²) in [6, 6.07) is 15.4. The quantitative estimate of drug-likeness (QED) is 0.648. The molecule has 1 unspecified atom stereocenters. The van der Waals surface area contributed by atoms with Crippen LogP contribution in [0, 0.1) is 6.92 Å². The van der Waals surface area contributed by atoms with E-state index >= 15 is 0 Å². The first-order valence-corrected chi connectivity index (χ1v) is 10.7. The molecule has 2 amide bonds. The van der Waals surface area contributed by atoms with E-state index in [2.05, 4.69) is 15.4 Å². The van der Waals surface area contributed by atoms with Crippen LogP contribution in [0.5, 0.6) is 0 Å². The molecule has 160 valence electrons. The Morgan fingerprint density at radius 3 is 2.48 bits per heavy atom. The molecule has 1 atom stereocenters. The van der Waals surface area contributed by atoms with Crippen molar-refractivity contribution in [3.05, 3.63) is 83.9 Å². The Labute approximate surface area is 182 Å². The number of pyridine rings is 1. The van der Waals surface area contributed by atoms with Gasteiger partial charge in [-0.3, -0.25) is 19.3 Å². The largest absolute Gasteiger partial charge is 0.339 e. The van der Waals surface area contributed by atoms with Gasteiger partial charge in [0.2, 0.25) is 0 Å². The van der Waals surface area contributed by atoms with Gasteiger partial charge in [0.1, 0.15) is 0 Å². The van der Waals surface area contributed by atoms with E-state index in [-0.39, 0.29) is 12.1 Å². The van der Waals surface area contributed by atoms with E-state index < -0.39 is 11.8 Å². The number of piperidine rings is 1. The van der Waals surface area contributed by atoms with Crippen molar-refractivity contribution in [2.45, 2.75) is 38.3 Å². The van der Waals surface area contributed by atoms with Crippen LogP contribution in [-0.4, -0.2) is 44.6 Å². The Morgan fingerprint density at radius 2 is 1.84 bits per heavy atom. The third kappa shape index (κ3) is 5.17. The van der Waals surface area contributed by atoms with E-state index in [1.165, 1.54) is 0 Å². The van der Waals surface area contributed by atoms with Gasteiger partial charge in [-0.1, -0.05) is 36.4 Å². The molecule has 3 heterocycles. The number of aryl methyl sites for hydroxylation is 1. The number of nitrogens with one attached hydrogen (secondary N) is 1. The number of hydrogen-bond donors (Lipinski definition) is 1. The average molecular weight is 418 g/mol. The van der Waals surface area contributed by atoms with Gasteiger partial charge in [0.25, 0.3) is 0 Å². The lowest BCUT2D eigenvalue weighted by Crippen LogP contribution is -2.47. The monoisotopic (exact) mass is 417 g/mol. The standard InChI is InChI=1S/C24H27N5O2/c1-18-16-26-29(17-18)20-10-13-28(14-11-20)24(31)23(30)27-22(21-9-5-6-12-25-21)15-19-7-3-2-4-8-19/h2-9,12,16-17,20,22H,10-11,13-15H2,1H3,(H,27,30). The third-order valence-corrected chi connectivity index (χ3v) is 5.68. The van der Waals surface area contributed by atoms with Crippen molar-refractivity contribution in [2.75, 3.05) is 13.1 Å². The van der Waals surface area contributed by atoms with Crippen LogP contribution in [0.25, 0.3) is 0 Å². The maximum absolute atomic E-state index is 12.8. The highest BCUT2D eigenvalue weighted by atomic mass is 16.2. The maximum Gasteiger partial charge on any atom is 0.311 e. The molecule has 0 aliphatic carbocycles. The maximum atomic E-state index is 12.8. The fraction of sp³-hybridized carbons (Fsp3) is 0.333. The summed E-state index contributed by atoms with van der Waals surface area (Å²) in [5.74, 6) is -1.07. The van der Waals surface area contributed by atoms with Crippen molar-refractivity contribution in [1.29, 1.82) is 0 Å². The molecule has 1 fully saturated rings. The van der Waals surface area contributed by atoms with E-state index in [1.807, 2.05) is 72.5 Å². The number of amides is 2. The summed E-state index contributed by atoms with van der Waals surface area (Å²) in [4.78, 5) is 31.7. The molecule has 0 spiro atoms. The number of benzene rings is 1. The molecule has 1 saturated heterocycles. The molecule has 1 aromatic carbocycles. The molecule has 1 aliphatic rings. The Balaban J connectivity index is 1.39. The minimum atomic E-state index is -0.583. The highest BCUT2D eigenvalue weighted by Crippen LogP contribution is 2.22. The van der Waals surface area contributed by atoms with E-state index in [0.29, 0.717) is 19.5 Å². The van der Waals surface area contributed by atoms with Crippen molar-refractivity contribution >= 4 is 11.8 Å². The number of hydrogen-bond acceptors (Lipinski definition) is 4. The van der Waals surface area contributed by atoms with E-state index in [4.69, 9.17) is 0 Å². The van der Waals surface area contributed by atoms with Crippen LogP contribution in [0.3, 0.4) is 0 Å². The highest BCUT2D eigenvalue weighted by molar-refractivity contribution is 6.35. The van der Waals surface area contributed by atoms with Crippen molar-refractivity contribution < 1.29 is 9.59 Å². The van der Waals surface area contributed by atoms with Gasteiger partial charge in [0.05, 0.1) is 24.0 Å². The van der Waals surface area contributed by atoms with Crippen LogP contribution < -0.4 is 5.32 Å². The second-order valence-corrected chi connectivity index (χ2v) is 7.99. The molecule has 1 aliphatic heterocycles. The number of aromatic nitrogens is 3. The van der Waals surface area contributed by atoms with E-state index in [1.54, 1.807) is 11.1 Å². The summed E-state index contributed by atoms with van der Waals surface area (Å²) in [6.45, 7) is 3.10.